The highest BCUT2D eigenvalue weighted by molar-refractivity contribution is 9.15. The van der Waals surface area contributed by atoms with E-state index in [2.05, 4.69) is 79.6 Å². The van der Waals surface area contributed by atoms with Gasteiger partial charge in [0.2, 0.25) is 0 Å². The van der Waals surface area contributed by atoms with Crippen LogP contribution in [0.3, 0.4) is 0 Å². The van der Waals surface area contributed by atoms with E-state index in [9.17, 15) is 0 Å². The van der Waals surface area contributed by atoms with Crippen molar-refractivity contribution in [3.8, 4) is 5.75 Å². The molecule has 18 heavy (non-hydrogen) atoms. The van der Waals surface area contributed by atoms with E-state index in [0.717, 1.165) is 22.4 Å². The maximum absolute atomic E-state index is 8.71. The van der Waals surface area contributed by atoms with Crippen molar-refractivity contribution < 1.29 is 14.9 Å². The van der Waals surface area contributed by atoms with Crippen molar-refractivity contribution in [2.75, 3.05) is 19.8 Å². The van der Waals surface area contributed by atoms with Gasteiger partial charge in [0.25, 0.3) is 0 Å². The van der Waals surface area contributed by atoms with E-state index < -0.39 is 0 Å². The standard InChI is InChI=1S/C8H5Br5O2.C2H6O/c9-3-4(10)6(12)8(15-2-1-14)7(13)5(3)11;1-2-3/h14H,1-2H2;3H,2H2,1H3. The summed E-state index contributed by atoms with van der Waals surface area (Å²) in [7, 11) is 0. The molecule has 0 bridgehead atoms. The van der Waals surface area contributed by atoms with E-state index in [1.807, 2.05) is 0 Å². The Balaban J connectivity index is 0.000000873. The SMILES string of the molecule is CCO.OCCOc1c(Br)c(Br)c(Br)c(Br)c1Br. The summed E-state index contributed by atoms with van der Waals surface area (Å²) in [5.74, 6) is 0.644. The molecule has 0 spiro atoms. The van der Waals surface area contributed by atoms with Gasteiger partial charge in [-0.2, -0.15) is 0 Å². The third-order valence-corrected chi connectivity index (χ3v) is 7.53. The molecule has 0 aliphatic rings. The number of benzene rings is 1. The second kappa shape index (κ2) is 10.1. The van der Waals surface area contributed by atoms with Gasteiger partial charge >= 0.3 is 0 Å². The maximum Gasteiger partial charge on any atom is 0.150 e. The third kappa shape index (κ3) is 5.38. The van der Waals surface area contributed by atoms with Crippen molar-refractivity contribution in [3.63, 3.8) is 0 Å². The Bertz CT molecular complexity index is 369. The molecule has 0 unspecified atom stereocenters. The van der Waals surface area contributed by atoms with Crippen molar-refractivity contribution in [2.24, 2.45) is 0 Å². The fraction of sp³-hybridized carbons (Fsp3) is 0.400. The van der Waals surface area contributed by atoms with Crippen molar-refractivity contribution in [3.05, 3.63) is 22.4 Å². The van der Waals surface area contributed by atoms with Crippen LogP contribution in [0.2, 0.25) is 0 Å². The predicted molar refractivity (Wildman–Crippen MR) is 90.3 cm³/mol. The lowest BCUT2D eigenvalue weighted by atomic mass is 10.3. The first kappa shape index (κ1) is 19.3. The minimum atomic E-state index is -0.0236. The molecule has 0 heterocycles. The number of hydrogen-bond donors (Lipinski definition) is 2. The van der Waals surface area contributed by atoms with Crippen LogP contribution in [0.4, 0.5) is 0 Å². The van der Waals surface area contributed by atoms with Crippen LogP contribution in [0, 0.1) is 0 Å². The van der Waals surface area contributed by atoms with Gasteiger partial charge in [-0.1, -0.05) is 0 Å². The molecule has 0 fully saturated rings. The van der Waals surface area contributed by atoms with E-state index >= 15 is 0 Å². The first-order valence-corrected chi connectivity index (χ1v) is 8.74. The molecule has 0 atom stereocenters. The van der Waals surface area contributed by atoms with Gasteiger partial charge in [-0.3, -0.25) is 0 Å². The molecule has 0 aliphatic heterocycles. The minimum absolute atomic E-state index is 0.0236. The Morgan fingerprint density at radius 3 is 1.50 bits per heavy atom. The van der Waals surface area contributed by atoms with Crippen LogP contribution in [-0.4, -0.2) is 30.0 Å². The summed E-state index contributed by atoms with van der Waals surface area (Å²) >= 11 is 17.1. The van der Waals surface area contributed by atoms with Gasteiger partial charge in [-0.15, -0.1) is 0 Å². The smallest absolute Gasteiger partial charge is 0.150 e. The molecule has 0 aliphatic carbocycles. The molecular weight excluding hydrogens is 568 g/mol. The Morgan fingerprint density at radius 1 is 0.833 bits per heavy atom. The summed E-state index contributed by atoms with van der Waals surface area (Å²) in [5.41, 5.74) is 0. The molecule has 0 amide bonds. The van der Waals surface area contributed by atoms with Gasteiger partial charge in [0, 0.05) is 11.1 Å². The Hall–Kier alpha value is 1.34. The first-order chi connectivity index (χ1) is 8.42. The molecule has 1 aromatic carbocycles. The number of hydrogen-bond acceptors (Lipinski definition) is 3. The van der Waals surface area contributed by atoms with E-state index in [4.69, 9.17) is 14.9 Å². The molecule has 1 rings (SSSR count). The largest absolute Gasteiger partial charge is 0.489 e. The van der Waals surface area contributed by atoms with Crippen LogP contribution in [-0.2, 0) is 0 Å². The van der Waals surface area contributed by atoms with Crippen LogP contribution in [0.5, 0.6) is 5.75 Å². The van der Waals surface area contributed by atoms with E-state index in [-0.39, 0.29) is 19.8 Å². The number of ether oxygens (including phenoxy) is 1. The number of aliphatic hydroxyl groups is 2. The molecule has 0 saturated carbocycles. The summed E-state index contributed by atoms with van der Waals surface area (Å²) in [6.07, 6.45) is 0. The first-order valence-electron chi connectivity index (χ1n) is 4.78. The van der Waals surface area contributed by atoms with Crippen LogP contribution in [0.25, 0.3) is 0 Å². The zero-order valence-corrected chi connectivity index (χ0v) is 17.2. The lowest BCUT2D eigenvalue weighted by molar-refractivity contribution is 0.199. The molecule has 8 heteroatoms. The number of rotatable bonds is 3. The highest BCUT2D eigenvalue weighted by Crippen LogP contribution is 2.48. The molecule has 1 aromatic rings. The van der Waals surface area contributed by atoms with Crippen LogP contribution < -0.4 is 4.74 Å². The highest BCUT2D eigenvalue weighted by atomic mass is 79.9. The van der Waals surface area contributed by atoms with Gasteiger partial charge in [-0.05, 0) is 86.6 Å². The maximum atomic E-state index is 8.71. The quantitative estimate of drug-likeness (QED) is 0.398. The van der Waals surface area contributed by atoms with Gasteiger partial charge in [0.1, 0.15) is 12.4 Å². The average molecular weight is 579 g/mol. The van der Waals surface area contributed by atoms with Gasteiger partial charge in [0.05, 0.1) is 24.5 Å². The highest BCUT2D eigenvalue weighted by Gasteiger charge is 2.18. The summed E-state index contributed by atoms with van der Waals surface area (Å²) < 4.78 is 9.58. The number of halogens is 5. The molecule has 0 radical (unpaired) electrons. The van der Waals surface area contributed by atoms with Gasteiger partial charge in [0.15, 0.2) is 0 Å². The molecule has 0 saturated heterocycles. The van der Waals surface area contributed by atoms with E-state index in [1.54, 1.807) is 6.92 Å². The van der Waals surface area contributed by atoms with Crippen LogP contribution >= 0.6 is 79.6 Å². The molecule has 104 valence electrons. The second-order valence-electron chi connectivity index (χ2n) is 2.79. The Morgan fingerprint density at radius 2 is 1.17 bits per heavy atom. The molecular formula is C10H11Br5O3. The van der Waals surface area contributed by atoms with Crippen molar-refractivity contribution in [1.29, 1.82) is 0 Å². The summed E-state index contributed by atoms with van der Waals surface area (Å²) in [6.45, 7) is 2.15. The van der Waals surface area contributed by atoms with Crippen molar-refractivity contribution >= 4 is 79.6 Å². The molecule has 3 nitrogen and oxygen atoms in total. The third-order valence-electron chi connectivity index (χ3n) is 1.51. The fourth-order valence-electron chi connectivity index (χ4n) is 0.859. The van der Waals surface area contributed by atoms with Crippen LogP contribution in [0.15, 0.2) is 22.4 Å². The summed E-state index contributed by atoms with van der Waals surface area (Å²) in [6, 6.07) is 0. The summed E-state index contributed by atoms with van der Waals surface area (Å²) in [4.78, 5) is 0. The zero-order valence-electron chi connectivity index (χ0n) is 9.31. The average Bonchev–Trinajstić information content (AvgIpc) is 2.35. The van der Waals surface area contributed by atoms with Gasteiger partial charge < -0.3 is 14.9 Å². The van der Waals surface area contributed by atoms with Crippen LogP contribution in [0.1, 0.15) is 6.92 Å². The Kier molecular flexibility index (Phi) is 10.9. The second-order valence-corrected chi connectivity index (χ2v) is 6.75. The van der Waals surface area contributed by atoms with Crippen molar-refractivity contribution in [1.82, 2.24) is 0 Å². The van der Waals surface area contributed by atoms with E-state index in [1.165, 1.54) is 0 Å². The normalized spacial score (nSPS) is 9.78. The zero-order chi connectivity index (χ0) is 14.3. The number of aliphatic hydroxyl groups excluding tert-OH is 2. The summed E-state index contributed by atoms with van der Waals surface area (Å²) in [5, 5.41) is 16.3. The van der Waals surface area contributed by atoms with Crippen molar-refractivity contribution in [2.45, 2.75) is 6.92 Å². The Labute approximate surface area is 148 Å². The minimum Gasteiger partial charge on any atom is -0.489 e. The lowest BCUT2D eigenvalue weighted by Crippen LogP contribution is -2.03. The molecule has 0 aromatic heterocycles. The predicted octanol–water partition coefficient (Wildman–Crippen LogP) is 4.87. The van der Waals surface area contributed by atoms with E-state index in [0.29, 0.717) is 5.75 Å². The topological polar surface area (TPSA) is 49.7 Å². The monoisotopic (exact) mass is 574 g/mol. The lowest BCUT2D eigenvalue weighted by Gasteiger charge is -2.13. The molecule has 2 N–H and O–H groups in total. The van der Waals surface area contributed by atoms with Gasteiger partial charge in [-0.25, -0.2) is 0 Å². The fourth-order valence-corrected chi connectivity index (χ4v) is 4.10.